The Labute approximate surface area is 233 Å². The highest BCUT2D eigenvalue weighted by molar-refractivity contribution is 7.21. The minimum atomic E-state index is 0.288. The predicted molar refractivity (Wildman–Crippen MR) is 165 cm³/mol. The number of hydrogen-bond donors (Lipinski definition) is 0. The van der Waals surface area contributed by atoms with E-state index in [1.54, 1.807) is 22.3 Å². The van der Waals surface area contributed by atoms with E-state index in [4.69, 9.17) is 4.75 Å². The summed E-state index contributed by atoms with van der Waals surface area (Å²) in [6.07, 6.45) is 19.6. The third-order valence-electron chi connectivity index (χ3n) is 9.22. The highest BCUT2D eigenvalue weighted by atomic mass is 31.1. The maximum Gasteiger partial charge on any atom is 0.133 e. The van der Waals surface area contributed by atoms with Crippen LogP contribution >= 0.6 is 8.51 Å². The molecule has 3 heteroatoms. The Balaban J connectivity index is 1.63. The first-order valence-electron chi connectivity index (χ1n) is 15.9. The average Bonchev–Trinajstić information content (AvgIpc) is 3.46. The summed E-state index contributed by atoms with van der Waals surface area (Å²) >= 11 is 0. The van der Waals surface area contributed by atoms with E-state index < -0.39 is 0 Å². The van der Waals surface area contributed by atoms with E-state index in [2.05, 4.69) is 62.4 Å². The van der Waals surface area contributed by atoms with Crippen LogP contribution in [-0.2, 0) is 19.3 Å². The van der Waals surface area contributed by atoms with Crippen LogP contribution < -0.4 is 0 Å². The Morgan fingerprint density at radius 3 is 2.11 bits per heavy atom. The van der Waals surface area contributed by atoms with Gasteiger partial charge >= 0.3 is 0 Å². The molecule has 0 amide bonds. The van der Waals surface area contributed by atoms with Gasteiger partial charge in [-0.05, 0) is 78.0 Å². The van der Waals surface area contributed by atoms with Crippen molar-refractivity contribution in [1.29, 1.82) is 0 Å². The maximum atomic E-state index is 5.30. The molecule has 0 aliphatic heterocycles. The first kappa shape index (κ1) is 27.6. The van der Waals surface area contributed by atoms with Crippen LogP contribution in [-0.4, -0.2) is 9.08 Å². The summed E-state index contributed by atoms with van der Waals surface area (Å²) in [5, 5.41) is 0. The Morgan fingerprint density at radius 2 is 1.42 bits per heavy atom. The molecule has 2 aliphatic rings. The number of aromatic nitrogens is 2. The van der Waals surface area contributed by atoms with Crippen molar-refractivity contribution in [3.63, 3.8) is 0 Å². The summed E-state index contributed by atoms with van der Waals surface area (Å²) in [6.45, 7) is 9.42. The van der Waals surface area contributed by atoms with Crippen molar-refractivity contribution in [2.45, 2.75) is 136 Å². The lowest BCUT2D eigenvalue weighted by atomic mass is 9.85. The molecule has 0 spiro atoms. The van der Waals surface area contributed by atoms with Gasteiger partial charge in [-0.15, -0.1) is 0 Å². The van der Waals surface area contributed by atoms with E-state index in [1.807, 2.05) is 0 Å². The Morgan fingerprint density at radius 1 is 0.789 bits per heavy atom. The zero-order chi connectivity index (χ0) is 26.5. The second-order valence-corrected chi connectivity index (χ2v) is 12.8. The average molecular weight is 529 g/mol. The Bertz CT molecular complexity index is 1210. The predicted octanol–water partition coefficient (Wildman–Crippen LogP) is 10.9. The fourth-order valence-corrected chi connectivity index (χ4v) is 8.51. The molecule has 1 atom stereocenters. The number of hydrogen-bond acceptors (Lipinski definition) is 1. The summed E-state index contributed by atoms with van der Waals surface area (Å²) < 4.78 is 7.96. The van der Waals surface area contributed by atoms with Crippen LogP contribution in [0.3, 0.4) is 0 Å². The monoisotopic (exact) mass is 528 g/mol. The lowest BCUT2D eigenvalue weighted by molar-refractivity contribution is 0.456. The minimum absolute atomic E-state index is 0.288. The van der Waals surface area contributed by atoms with Gasteiger partial charge < -0.3 is 0 Å². The van der Waals surface area contributed by atoms with Crippen molar-refractivity contribution in [2.75, 3.05) is 0 Å². The molecule has 1 fully saturated rings. The highest BCUT2D eigenvalue weighted by Gasteiger charge is 2.35. The molecule has 0 saturated heterocycles. The SMILES string of the molecule is CCCc1cc2c(c(CCC)c1CCC)C(n1pnc(C3CCCCCCCCC3)c1C)c1ccccc1-2. The minimum Gasteiger partial charge on any atom is -0.299 e. The number of fused-ring (bicyclic) bond motifs is 3. The fourth-order valence-electron chi connectivity index (χ4n) is 7.43. The summed E-state index contributed by atoms with van der Waals surface area (Å²) in [5.41, 5.74) is 13.8. The molecule has 2 aromatic carbocycles. The molecular formula is C35H49N2P. The fraction of sp³-hybridized carbons (Fsp3) is 0.600. The van der Waals surface area contributed by atoms with Crippen LogP contribution in [0.2, 0.25) is 0 Å². The zero-order valence-electron chi connectivity index (χ0n) is 24.5. The molecule has 2 aliphatic carbocycles. The van der Waals surface area contributed by atoms with Gasteiger partial charge in [0.1, 0.15) is 8.51 Å². The van der Waals surface area contributed by atoms with Crippen molar-refractivity contribution < 1.29 is 0 Å². The first-order valence-corrected chi connectivity index (χ1v) is 16.7. The molecule has 1 aromatic heterocycles. The third kappa shape index (κ3) is 5.40. The summed E-state index contributed by atoms with van der Waals surface area (Å²) in [7, 11) is 1.13. The van der Waals surface area contributed by atoms with Gasteiger partial charge in [0.15, 0.2) is 0 Å². The first-order chi connectivity index (χ1) is 18.7. The van der Waals surface area contributed by atoms with E-state index in [9.17, 15) is 0 Å². The lowest BCUT2D eigenvalue weighted by Crippen LogP contribution is -2.14. The van der Waals surface area contributed by atoms with Gasteiger partial charge in [0, 0.05) is 11.6 Å². The van der Waals surface area contributed by atoms with E-state index in [-0.39, 0.29) is 6.04 Å². The second-order valence-electron chi connectivity index (χ2n) is 11.9. The molecule has 1 unspecified atom stereocenters. The van der Waals surface area contributed by atoms with Crippen molar-refractivity contribution >= 4 is 8.51 Å². The second kappa shape index (κ2) is 13.0. The topological polar surface area (TPSA) is 17.8 Å². The number of nitrogens with zero attached hydrogens (tertiary/aromatic N) is 2. The molecule has 0 N–H and O–H groups in total. The molecule has 0 radical (unpaired) electrons. The molecule has 3 aromatic rings. The van der Waals surface area contributed by atoms with Crippen LogP contribution in [0.4, 0.5) is 0 Å². The van der Waals surface area contributed by atoms with Crippen molar-refractivity contribution in [3.8, 4) is 11.1 Å². The maximum absolute atomic E-state index is 5.30. The molecule has 2 nitrogen and oxygen atoms in total. The summed E-state index contributed by atoms with van der Waals surface area (Å²) in [5.74, 6) is 0.638. The van der Waals surface area contributed by atoms with Crippen LogP contribution in [0.1, 0.15) is 149 Å². The van der Waals surface area contributed by atoms with Gasteiger partial charge in [0.25, 0.3) is 0 Å². The van der Waals surface area contributed by atoms with Crippen LogP contribution in [0.25, 0.3) is 11.1 Å². The van der Waals surface area contributed by atoms with Gasteiger partial charge in [0.2, 0.25) is 0 Å². The van der Waals surface area contributed by atoms with E-state index in [1.165, 1.54) is 124 Å². The number of benzene rings is 2. The molecular weight excluding hydrogens is 479 g/mol. The van der Waals surface area contributed by atoms with E-state index >= 15 is 0 Å². The smallest absolute Gasteiger partial charge is 0.133 e. The number of rotatable bonds is 8. The molecule has 38 heavy (non-hydrogen) atoms. The zero-order valence-corrected chi connectivity index (χ0v) is 25.4. The number of aryl methyl sites for hydroxylation is 1. The molecule has 1 heterocycles. The van der Waals surface area contributed by atoms with Gasteiger partial charge in [0.05, 0.1) is 11.7 Å². The summed E-state index contributed by atoms with van der Waals surface area (Å²) in [6, 6.07) is 12.2. The van der Waals surface area contributed by atoms with E-state index in [0.717, 1.165) is 8.51 Å². The van der Waals surface area contributed by atoms with Crippen LogP contribution in [0.5, 0.6) is 0 Å². The normalized spacial score (nSPS) is 18.6. The standard InChI is InChI=1S/C35H49N2P/c1-5-17-27-24-32-29-22-15-16-23-31(29)35(33(32)30(19-7-3)28(27)18-6-2)37-25(4)34(36-38-37)26-20-13-11-9-8-10-12-14-21-26/h15-16,22-24,26,35H,5-14,17-21H2,1-4H3. The molecule has 5 rings (SSSR count). The van der Waals surface area contributed by atoms with Crippen molar-refractivity contribution in [1.82, 2.24) is 9.08 Å². The quantitative estimate of drug-likeness (QED) is 0.222. The highest BCUT2D eigenvalue weighted by Crippen LogP contribution is 2.51. The Kier molecular flexibility index (Phi) is 9.42. The molecule has 204 valence electrons. The largest absolute Gasteiger partial charge is 0.299 e. The van der Waals surface area contributed by atoms with E-state index in [0.29, 0.717) is 5.92 Å². The van der Waals surface area contributed by atoms with Crippen LogP contribution in [0.15, 0.2) is 30.3 Å². The van der Waals surface area contributed by atoms with Crippen molar-refractivity contribution in [3.05, 3.63) is 69.5 Å². The van der Waals surface area contributed by atoms with Crippen LogP contribution in [0, 0.1) is 6.92 Å². The Hall–Kier alpha value is -1.92. The third-order valence-corrected chi connectivity index (χ3v) is 10.3. The molecule has 0 bridgehead atoms. The van der Waals surface area contributed by atoms with Gasteiger partial charge in [-0.3, -0.25) is 4.33 Å². The van der Waals surface area contributed by atoms with Gasteiger partial charge in [-0.2, -0.15) is 0 Å². The van der Waals surface area contributed by atoms with Crippen molar-refractivity contribution in [2.24, 2.45) is 0 Å². The van der Waals surface area contributed by atoms with Gasteiger partial charge in [-0.25, -0.2) is 4.75 Å². The summed E-state index contributed by atoms with van der Waals surface area (Å²) in [4.78, 5) is 0. The molecule has 1 saturated carbocycles. The van der Waals surface area contributed by atoms with Gasteiger partial charge in [-0.1, -0.05) is 115 Å². The lowest BCUT2D eigenvalue weighted by Gasteiger charge is -2.24.